The molecule has 0 aliphatic rings. The van der Waals surface area contributed by atoms with Gasteiger partial charge in [0.15, 0.2) is 0 Å². The molecule has 0 spiro atoms. The SMILES string of the molecule is CCC(C)C(N)C(=O)NC(C(=O)NC(Cc1ccccc1)C(=O)NC(Cc1cnc[nH]1)C(=O)O)C(C)CC. The summed E-state index contributed by atoms with van der Waals surface area (Å²) in [5, 5.41) is 17.7. The van der Waals surface area contributed by atoms with Gasteiger partial charge in [0.2, 0.25) is 17.7 Å². The van der Waals surface area contributed by atoms with Gasteiger partial charge in [0, 0.05) is 24.7 Å². The first-order valence-corrected chi connectivity index (χ1v) is 13.0. The number of hydrogen-bond acceptors (Lipinski definition) is 6. The summed E-state index contributed by atoms with van der Waals surface area (Å²) in [6.07, 6.45) is 4.32. The predicted molar refractivity (Wildman–Crippen MR) is 143 cm³/mol. The van der Waals surface area contributed by atoms with Gasteiger partial charge in [0.05, 0.1) is 12.4 Å². The molecule has 0 fully saturated rings. The van der Waals surface area contributed by atoms with Crippen LogP contribution in [0.25, 0.3) is 0 Å². The van der Waals surface area contributed by atoms with Gasteiger partial charge in [-0.05, 0) is 17.4 Å². The standard InChI is InChI=1S/C27H40N6O5/c1-5-16(3)22(28)25(35)33-23(17(4)6-2)26(36)31-20(12-18-10-8-7-9-11-18)24(34)32-21(27(37)38)13-19-14-29-15-30-19/h7-11,14-17,20-23H,5-6,12-13,28H2,1-4H3,(H,29,30)(H,31,36)(H,32,34)(H,33,35)(H,37,38). The quantitative estimate of drug-likeness (QED) is 0.201. The van der Waals surface area contributed by atoms with Crippen molar-refractivity contribution in [2.24, 2.45) is 17.6 Å². The van der Waals surface area contributed by atoms with Crippen LogP contribution in [0.4, 0.5) is 0 Å². The number of nitrogens with zero attached hydrogens (tertiary/aromatic N) is 1. The fraction of sp³-hybridized carbons (Fsp3) is 0.519. The first-order valence-electron chi connectivity index (χ1n) is 13.0. The van der Waals surface area contributed by atoms with Crippen molar-refractivity contribution >= 4 is 23.7 Å². The molecule has 0 saturated heterocycles. The summed E-state index contributed by atoms with van der Waals surface area (Å²) in [5.74, 6) is -3.16. The van der Waals surface area contributed by atoms with E-state index in [1.807, 2.05) is 58.0 Å². The van der Waals surface area contributed by atoms with Crippen LogP contribution in [-0.4, -0.2) is 62.9 Å². The van der Waals surface area contributed by atoms with Crippen LogP contribution in [0.3, 0.4) is 0 Å². The fourth-order valence-corrected chi connectivity index (χ4v) is 3.87. The number of hydrogen-bond donors (Lipinski definition) is 6. The second-order valence-electron chi connectivity index (χ2n) is 9.71. The molecule has 7 N–H and O–H groups in total. The van der Waals surface area contributed by atoms with Gasteiger partial charge in [-0.3, -0.25) is 14.4 Å². The topological polar surface area (TPSA) is 179 Å². The zero-order valence-electron chi connectivity index (χ0n) is 22.4. The lowest BCUT2D eigenvalue weighted by Crippen LogP contribution is -2.59. The summed E-state index contributed by atoms with van der Waals surface area (Å²) in [5.41, 5.74) is 7.40. The zero-order chi connectivity index (χ0) is 28.2. The lowest BCUT2D eigenvalue weighted by molar-refractivity contribution is -0.142. The van der Waals surface area contributed by atoms with E-state index in [1.165, 1.54) is 12.5 Å². The molecule has 11 nitrogen and oxygen atoms in total. The Hall–Kier alpha value is -3.73. The molecule has 11 heteroatoms. The summed E-state index contributed by atoms with van der Waals surface area (Å²) in [6, 6.07) is 5.05. The van der Waals surface area contributed by atoms with Crippen molar-refractivity contribution in [1.82, 2.24) is 25.9 Å². The number of carbonyl (C=O) groups is 4. The van der Waals surface area contributed by atoms with Crippen LogP contribution in [-0.2, 0) is 32.0 Å². The van der Waals surface area contributed by atoms with Crippen LogP contribution in [0.1, 0.15) is 51.8 Å². The highest BCUT2D eigenvalue weighted by Crippen LogP contribution is 2.12. The molecule has 6 atom stereocenters. The molecule has 0 bridgehead atoms. The van der Waals surface area contributed by atoms with E-state index in [9.17, 15) is 24.3 Å². The lowest BCUT2D eigenvalue weighted by Gasteiger charge is -2.29. The summed E-state index contributed by atoms with van der Waals surface area (Å²) in [6.45, 7) is 7.52. The first-order chi connectivity index (χ1) is 18.1. The maximum absolute atomic E-state index is 13.4. The van der Waals surface area contributed by atoms with E-state index in [0.717, 1.165) is 5.56 Å². The maximum Gasteiger partial charge on any atom is 0.326 e. The van der Waals surface area contributed by atoms with Crippen molar-refractivity contribution in [2.45, 2.75) is 77.5 Å². The number of carboxylic acids is 1. The Bertz CT molecular complexity index is 1050. The van der Waals surface area contributed by atoms with E-state index in [0.29, 0.717) is 18.5 Å². The minimum atomic E-state index is -1.24. The molecule has 0 aliphatic heterocycles. The molecule has 6 unspecified atom stereocenters. The van der Waals surface area contributed by atoms with Crippen LogP contribution < -0.4 is 21.7 Å². The van der Waals surface area contributed by atoms with E-state index in [4.69, 9.17) is 5.73 Å². The van der Waals surface area contributed by atoms with Crippen molar-refractivity contribution < 1.29 is 24.3 Å². The molecule has 1 heterocycles. The van der Waals surface area contributed by atoms with E-state index in [-0.39, 0.29) is 24.7 Å². The molecule has 0 aliphatic carbocycles. The number of nitrogens with one attached hydrogen (secondary N) is 4. The molecular formula is C27H40N6O5. The highest BCUT2D eigenvalue weighted by Gasteiger charge is 2.33. The third-order valence-electron chi connectivity index (χ3n) is 6.86. The van der Waals surface area contributed by atoms with Crippen molar-refractivity contribution in [1.29, 1.82) is 0 Å². The minimum Gasteiger partial charge on any atom is -0.480 e. The average molecular weight is 529 g/mol. The molecule has 1 aromatic heterocycles. The second-order valence-corrected chi connectivity index (χ2v) is 9.71. The van der Waals surface area contributed by atoms with E-state index < -0.39 is 47.9 Å². The minimum absolute atomic E-state index is 0.00781. The van der Waals surface area contributed by atoms with Gasteiger partial charge in [-0.15, -0.1) is 0 Å². The Morgan fingerprint density at radius 2 is 1.53 bits per heavy atom. The molecule has 0 saturated carbocycles. The molecule has 2 rings (SSSR count). The van der Waals surface area contributed by atoms with E-state index >= 15 is 0 Å². The van der Waals surface area contributed by atoms with Gasteiger partial charge in [-0.1, -0.05) is 70.9 Å². The fourth-order valence-electron chi connectivity index (χ4n) is 3.87. The summed E-state index contributed by atoms with van der Waals surface area (Å²) >= 11 is 0. The number of H-pyrrole nitrogens is 1. The number of benzene rings is 1. The number of aliphatic carboxylic acids is 1. The first kappa shape index (κ1) is 30.5. The number of imidazole rings is 1. The Morgan fingerprint density at radius 3 is 2.08 bits per heavy atom. The number of carboxylic acid groups (broad SMARTS) is 1. The van der Waals surface area contributed by atoms with Gasteiger partial charge in [-0.25, -0.2) is 9.78 Å². The summed E-state index contributed by atoms with van der Waals surface area (Å²) in [4.78, 5) is 58.1. The average Bonchev–Trinajstić information content (AvgIpc) is 3.43. The molecule has 2 aromatic rings. The predicted octanol–water partition coefficient (Wildman–Crippen LogP) is 1.15. The van der Waals surface area contributed by atoms with Crippen molar-refractivity contribution in [3.05, 3.63) is 54.1 Å². The molecule has 0 radical (unpaired) electrons. The Labute approximate surface area is 223 Å². The van der Waals surface area contributed by atoms with Gasteiger partial charge >= 0.3 is 5.97 Å². The van der Waals surface area contributed by atoms with E-state index in [1.54, 1.807) is 0 Å². The lowest BCUT2D eigenvalue weighted by atomic mass is 9.95. The monoisotopic (exact) mass is 528 g/mol. The molecule has 1 aromatic carbocycles. The third-order valence-corrected chi connectivity index (χ3v) is 6.86. The summed E-state index contributed by atoms with van der Waals surface area (Å²) < 4.78 is 0. The van der Waals surface area contributed by atoms with Gasteiger partial charge in [0.25, 0.3) is 0 Å². The molecule has 208 valence electrons. The zero-order valence-corrected chi connectivity index (χ0v) is 22.4. The third kappa shape index (κ3) is 8.98. The smallest absolute Gasteiger partial charge is 0.326 e. The van der Waals surface area contributed by atoms with Crippen molar-refractivity contribution in [2.75, 3.05) is 0 Å². The van der Waals surface area contributed by atoms with Gasteiger partial charge < -0.3 is 31.8 Å². The Balaban J connectivity index is 2.25. The highest BCUT2D eigenvalue weighted by molar-refractivity contribution is 5.94. The normalized spacial score (nSPS) is 15.8. The van der Waals surface area contributed by atoms with Crippen molar-refractivity contribution in [3.8, 4) is 0 Å². The summed E-state index contributed by atoms with van der Waals surface area (Å²) in [7, 11) is 0. The largest absolute Gasteiger partial charge is 0.480 e. The van der Waals surface area contributed by atoms with Crippen LogP contribution in [0.15, 0.2) is 42.9 Å². The van der Waals surface area contributed by atoms with Gasteiger partial charge in [-0.2, -0.15) is 0 Å². The van der Waals surface area contributed by atoms with Crippen LogP contribution in [0.5, 0.6) is 0 Å². The number of aromatic nitrogens is 2. The number of amides is 3. The molecule has 38 heavy (non-hydrogen) atoms. The number of carbonyl (C=O) groups excluding carboxylic acids is 3. The maximum atomic E-state index is 13.4. The molecule has 3 amide bonds. The number of aromatic amines is 1. The molecular weight excluding hydrogens is 488 g/mol. The second kappa shape index (κ2) is 14.9. The number of rotatable bonds is 15. The van der Waals surface area contributed by atoms with E-state index in [2.05, 4.69) is 25.9 Å². The van der Waals surface area contributed by atoms with Crippen molar-refractivity contribution in [3.63, 3.8) is 0 Å². The van der Waals surface area contributed by atoms with Crippen LogP contribution in [0.2, 0.25) is 0 Å². The Kier molecular flexibility index (Phi) is 11.9. The number of nitrogens with two attached hydrogens (primary N) is 1. The van der Waals surface area contributed by atoms with Crippen LogP contribution in [0, 0.1) is 11.8 Å². The Morgan fingerprint density at radius 1 is 0.895 bits per heavy atom. The van der Waals surface area contributed by atoms with Gasteiger partial charge in [0.1, 0.15) is 18.1 Å². The van der Waals surface area contributed by atoms with Crippen LogP contribution >= 0.6 is 0 Å². The highest BCUT2D eigenvalue weighted by atomic mass is 16.4.